The minimum atomic E-state index is 0.721. The third kappa shape index (κ3) is 1.63. The molecule has 1 heteroatoms. The van der Waals surface area contributed by atoms with Crippen molar-refractivity contribution in [1.82, 2.24) is 0 Å². The van der Waals surface area contributed by atoms with E-state index >= 15 is 0 Å². The van der Waals surface area contributed by atoms with Gasteiger partial charge in [-0.15, -0.1) is 0 Å². The zero-order valence-corrected chi connectivity index (χ0v) is 10.1. The van der Waals surface area contributed by atoms with E-state index in [0.717, 1.165) is 29.2 Å². The van der Waals surface area contributed by atoms with Gasteiger partial charge >= 0.3 is 0 Å². The van der Waals surface area contributed by atoms with Crippen LogP contribution in [-0.4, -0.2) is 6.54 Å². The van der Waals surface area contributed by atoms with E-state index in [9.17, 15) is 0 Å². The minimum Gasteiger partial charge on any atom is -0.330 e. The van der Waals surface area contributed by atoms with Crippen LogP contribution < -0.4 is 5.73 Å². The van der Waals surface area contributed by atoms with Crippen molar-refractivity contribution < 1.29 is 0 Å². The third-order valence-corrected chi connectivity index (χ3v) is 5.39. The number of rotatable bonds is 3. The summed E-state index contributed by atoms with van der Waals surface area (Å²) >= 11 is 0. The summed E-state index contributed by atoms with van der Waals surface area (Å²) in [6.07, 6.45) is 11.9. The van der Waals surface area contributed by atoms with E-state index in [1.165, 1.54) is 32.1 Å². The summed E-state index contributed by atoms with van der Waals surface area (Å²) < 4.78 is 0. The Morgan fingerprint density at radius 1 is 1.13 bits per heavy atom. The Labute approximate surface area is 93.8 Å². The zero-order valence-electron chi connectivity index (χ0n) is 10.1. The first-order chi connectivity index (χ1) is 7.13. The van der Waals surface area contributed by atoms with Gasteiger partial charge in [-0.3, -0.25) is 0 Å². The molecule has 0 heterocycles. The van der Waals surface area contributed by atoms with Gasteiger partial charge in [-0.25, -0.2) is 0 Å². The molecule has 2 N–H and O–H groups in total. The fourth-order valence-electron chi connectivity index (χ4n) is 5.70. The van der Waals surface area contributed by atoms with Crippen LogP contribution >= 0.6 is 0 Å². The lowest BCUT2D eigenvalue weighted by atomic mass is 9.44. The Bertz CT molecular complexity index is 244. The van der Waals surface area contributed by atoms with Gasteiger partial charge in [-0.05, 0) is 80.6 Å². The van der Waals surface area contributed by atoms with Crippen molar-refractivity contribution >= 4 is 0 Å². The Balaban J connectivity index is 1.80. The molecule has 4 aliphatic carbocycles. The van der Waals surface area contributed by atoms with Crippen molar-refractivity contribution in [2.24, 2.45) is 28.4 Å². The minimum absolute atomic E-state index is 0.721. The van der Waals surface area contributed by atoms with Crippen LogP contribution in [0.15, 0.2) is 0 Å². The average Bonchev–Trinajstić information content (AvgIpc) is 2.10. The predicted octanol–water partition coefficient (Wildman–Crippen LogP) is 3.33. The number of nitrogens with two attached hydrogens (primary N) is 1. The monoisotopic (exact) mass is 207 g/mol. The van der Waals surface area contributed by atoms with Crippen molar-refractivity contribution in [2.45, 2.75) is 58.3 Å². The highest BCUT2D eigenvalue weighted by molar-refractivity contribution is 5.05. The predicted molar refractivity (Wildman–Crippen MR) is 63.5 cm³/mol. The molecule has 15 heavy (non-hydrogen) atoms. The maximum absolute atomic E-state index is 5.69. The van der Waals surface area contributed by atoms with Crippen LogP contribution in [0.5, 0.6) is 0 Å². The van der Waals surface area contributed by atoms with Gasteiger partial charge in [0.05, 0.1) is 0 Å². The molecule has 0 spiro atoms. The first-order valence-electron chi connectivity index (χ1n) is 6.83. The van der Waals surface area contributed by atoms with Gasteiger partial charge in [0.15, 0.2) is 0 Å². The maximum atomic E-state index is 5.69. The van der Waals surface area contributed by atoms with Crippen LogP contribution in [0.25, 0.3) is 0 Å². The van der Waals surface area contributed by atoms with Gasteiger partial charge < -0.3 is 5.73 Å². The fourth-order valence-corrected chi connectivity index (χ4v) is 5.70. The highest BCUT2D eigenvalue weighted by Gasteiger charge is 2.54. The molecule has 4 rings (SSSR count). The van der Waals surface area contributed by atoms with Crippen LogP contribution in [0.4, 0.5) is 0 Å². The van der Waals surface area contributed by atoms with Gasteiger partial charge in [-0.2, -0.15) is 0 Å². The lowest BCUT2D eigenvalue weighted by Crippen LogP contribution is -2.50. The molecular weight excluding hydrogens is 182 g/mol. The highest BCUT2D eigenvalue weighted by Crippen LogP contribution is 2.66. The van der Waals surface area contributed by atoms with Gasteiger partial charge in [0.25, 0.3) is 0 Å². The summed E-state index contributed by atoms with van der Waals surface area (Å²) in [4.78, 5) is 0. The topological polar surface area (TPSA) is 26.0 Å². The van der Waals surface area contributed by atoms with Crippen molar-refractivity contribution in [3.05, 3.63) is 0 Å². The lowest BCUT2D eigenvalue weighted by molar-refractivity contribution is -0.105. The number of hydrogen-bond donors (Lipinski definition) is 1. The van der Waals surface area contributed by atoms with Crippen molar-refractivity contribution in [3.63, 3.8) is 0 Å². The molecule has 4 fully saturated rings. The molecule has 0 aliphatic heterocycles. The summed E-state index contributed by atoms with van der Waals surface area (Å²) in [6, 6.07) is 0. The smallest absolute Gasteiger partial charge is 0.00771 e. The molecule has 0 aromatic rings. The molecule has 4 bridgehead atoms. The molecular formula is C14H25N. The Morgan fingerprint density at radius 3 is 2.33 bits per heavy atom. The first kappa shape index (κ1) is 10.1. The largest absolute Gasteiger partial charge is 0.330 e. The van der Waals surface area contributed by atoms with E-state index in [2.05, 4.69) is 6.92 Å². The zero-order chi connectivity index (χ0) is 10.5. The maximum Gasteiger partial charge on any atom is -0.00771 e. The molecule has 0 saturated heterocycles. The SMILES string of the molecule is CC12CC3CC(C1)CC(CCCN)(C3)C2. The lowest BCUT2D eigenvalue weighted by Gasteiger charge is -2.61. The first-order valence-corrected chi connectivity index (χ1v) is 6.83. The van der Waals surface area contributed by atoms with Gasteiger partial charge in [-0.1, -0.05) is 6.92 Å². The van der Waals surface area contributed by atoms with Crippen LogP contribution in [0, 0.1) is 22.7 Å². The quantitative estimate of drug-likeness (QED) is 0.754. The molecule has 0 aromatic heterocycles. The van der Waals surface area contributed by atoms with Crippen LogP contribution in [0.2, 0.25) is 0 Å². The second kappa shape index (κ2) is 3.23. The Morgan fingerprint density at radius 2 is 1.80 bits per heavy atom. The van der Waals surface area contributed by atoms with E-state index in [4.69, 9.17) is 5.73 Å². The Hall–Kier alpha value is -0.0400. The summed E-state index contributed by atoms with van der Waals surface area (Å²) in [5.74, 6) is 2.16. The molecule has 86 valence electrons. The molecule has 0 aromatic carbocycles. The third-order valence-electron chi connectivity index (χ3n) is 5.39. The van der Waals surface area contributed by atoms with Crippen molar-refractivity contribution in [1.29, 1.82) is 0 Å². The molecule has 2 unspecified atom stereocenters. The van der Waals surface area contributed by atoms with Gasteiger partial charge in [0.1, 0.15) is 0 Å². The van der Waals surface area contributed by atoms with E-state index in [1.807, 2.05) is 0 Å². The van der Waals surface area contributed by atoms with Gasteiger partial charge in [0.2, 0.25) is 0 Å². The summed E-state index contributed by atoms with van der Waals surface area (Å²) in [6.45, 7) is 3.45. The van der Waals surface area contributed by atoms with Crippen molar-refractivity contribution in [3.8, 4) is 0 Å². The van der Waals surface area contributed by atoms with E-state index < -0.39 is 0 Å². The Kier molecular flexibility index (Phi) is 2.18. The highest BCUT2D eigenvalue weighted by atomic mass is 14.6. The van der Waals surface area contributed by atoms with Crippen LogP contribution in [0.1, 0.15) is 58.3 Å². The molecule has 0 amide bonds. The summed E-state index contributed by atoms with van der Waals surface area (Å²) in [7, 11) is 0. The normalized spacial score (nSPS) is 52.4. The van der Waals surface area contributed by atoms with Crippen LogP contribution in [-0.2, 0) is 0 Å². The standard InChI is InChI=1S/C14H25N/c1-13-6-11-5-12(7-13)9-14(8-11,10-13)3-2-4-15/h11-12H,2-10,15H2,1H3. The average molecular weight is 207 g/mol. The number of hydrogen-bond acceptors (Lipinski definition) is 1. The molecule has 2 atom stereocenters. The van der Waals surface area contributed by atoms with Crippen LogP contribution in [0.3, 0.4) is 0 Å². The second-order valence-corrected chi connectivity index (χ2v) is 7.16. The van der Waals surface area contributed by atoms with E-state index in [-0.39, 0.29) is 0 Å². The van der Waals surface area contributed by atoms with Crippen molar-refractivity contribution in [2.75, 3.05) is 6.54 Å². The van der Waals surface area contributed by atoms with Gasteiger partial charge in [0, 0.05) is 0 Å². The molecule has 0 radical (unpaired) electrons. The molecule has 4 saturated carbocycles. The summed E-state index contributed by atoms with van der Waals surface area (Å²) in [5, 5.41) is 0. The summed E-state index contributed by atoms with van der Waals surface area (Å²) in [5.41, 5.74) is 7.15. The fraction of sp³-hybridized carbons (Fsp3) is 1.00. The van der Waals surface area contributed by atoms with E-state index in [0.29, 0.717) is 0 Å². The second-order valence-electron chi connectivity index (χ2n) is 7.16. The molecule has 4 aliphatic rings. The molecule has 1 nitrogen and oxygen atoms in total. The van der Waals surface area contributed by atoms with E-state index in [1.54, 1.807) is 19.3 Å².